The summed E-state index contributed by atoms with van der Waals surface area (Å²) < 4.78 is 15.5. The monoisotopic (exact) mass is 1330 g/mol. The van der Waals surface area contributed by atoms with Crippen molar-refractivity contribution >= 4 is 24.4 Å². The van der Waals surface area contributed by atoms with Crippen molar-refractivity contribution in [1.29, 1.82) is 0 Å². The number of hydrogen-bond donors (Lipinski definition) is 1. The molecule has 1 N–H and O–H groups in total. The van der Waals surface area contributed by atoms with E-state index in [4.69, 9.17) is 14.6 Å². The van der Waals surface area contributed by atoms with Gasteiger partial charge in [-0.15, -0.1) is 0 Å². The van der Waals surface area contributed by atoms with E-state index in [1.165, 1.54) is 360 Å². The van der Waals surface area contributed by atoms with Crippen LogP contribution in [0.3, 0.4) is 0 Å². The maximum atomic E-state index is 11.9. The van der Waals surface area contributed by atoms with Gasteiger partial charge in [0.1, 0.15) is 0 Å². The number of ether oxygens (including phenoxy) is 3. The molecule has 0 aromatic carbocycles. The van der Waals surface area contributed by atoms with Crippen molar-refractivity contribution in [1.82, 2.24) is 0 Å². The van der Waals surface area contributed by atoms with E-state index in [1.807, 2.05) is 0 Å². The highest BCUT2D eigenvalue weighted by Crippen LogP contribution is 2.18. The molecule has 0 amide bonds. The lowest BCUT2D eigenvalue weighted by Crippen LogP contribution is -2.05. The van der Waals surface area contributed by atoms with E-state index in [9.17, 15) is 19.2 Å². The van der Waals surface area contributed by atoms with Gasteiger partial charge in [-0.2, -0.15) is 0 Å². The molecule has 0 radical (unpaired) electrons. The number of unbranched alkanes of at least 4 members (excludes halogenated alkanes) is 58. The van der Waals surface area contributed by atoms with Gasteiger partial charge in [0.15, 0.2) is 0 Å². The molecular weight excluding hydrogens is 1160 g/mol. The summed E-state index contributed by atoms with van der Waals surface area (Å²) in [5.74, 6) is -0.665. The molecule has 0 saturated carbocycles. The number of carbonyl (C=O) groups is 4. The lowest BCUT2D eigenvalue weighted by Gasteiger charge is -2.05. The fourth-order valence-corrected chi connectivity index (χ4v) is 12.1. The van der Waals surface area contributed by atoms with Crippen LogP contribution in [0.2, 0.25) is 0 Å². The third-order valence-corrected chi connectivity index (χ3v) is 18.4. The fraction of sp³-hybridized carbons (Fsp3) is 0.884. The molecule has 0 aromatic rings. The molecule has 0 bridgehead atoms. The third-order valence-electron chi connectivity index (χ3n) is 18.4. The zero-order chi connectivity index (χ0) is 68.7. The molecule has 556 valence electrons. The van der Waals surface area contributed by atoms with E-state index < -0.39 is 5.97 Å². The number of carboxylic acid groups (broad SMARTS) is 1. The van der Waals surface area contributed by atoms with E-state index in [0.717, 1.165) is 64.2 Å². The number of allylic oxidation sites excluding steroid dienone is 6. The van der Waals surface area contributed by atoms with Crippen LogP contribution in [0.25, 0.3) is 0 Å². The Labute approximate surface area is 586 Å². The van der Waals surface area contributed by atoms with Gasteiger partial charge in [0.25, 0.3) is 6.47 Å². The predicted octanol–water partition coefficient (Wildman–Crippen LogP) is 29.0. The highest BCUT2D eigenvalue weighted by Gasteiger charge is 2.05. The normalized spacial score (nSPS) is 11.4. The van der Waals surface area contributed by atoms with Gasteiger partial charge in [0, 0.05) is 19.3 Å². The van der Waals surface area contributed by atoms with Gasteiger partial charge in [-0.25, -0.2) is 0 Å². The molecule has 8 nitrogen and oxygen atoms in total. The number of carboxylic acids is 1. The maximum Gasteiger partial charge on any atom is 0.305 e. The Morgan fingerprint density at radius 3 is 0.628 bits per heavy atom. The standard InChI is InChI=1S/C34H64O4.C34H66O2.C18H34O2/c1-2-3-4-5-6-7-8-9-10-13-16-19-22-25-28-31-34(37)38-32-29-26-23-20-17-14-11-12-15-18-21-24-27-30-33(35)36;1-3-5-7-9-11-13-15-17-19-20-22-24-26-28-30-32-34(35)36-33-31-29-27-25-23-21-18-16-14-12-10-8-6-4-2;1-2-3-4-5-6-7-8-9-10-11-12-13-14-15-16-17-20-18-19/h9-10H,2-8,11-32H2,1H3,(H,35,36);17,19H,3-16,18,20-33H2,1-2H3;9-10,18H,2-8,11-17H2,1H3/b10-9-;19-17-;10-9-. The van der Waals surface area contributed by atoms with Gasteiger partial charge in [0.05, 0.1) is 19.8 Å². The molecule has 0 saturated heterocycles. The summed E-state index contributed by atoms with van der Waals surface area (Å²) in [6.45, 7) is 11.4. The largest absolute Gasteiger partial charge is 0.481 e. The number of aliphatic carboxylic acids is 1. The second-order valence-corrected chi connectivity index (χ2v) is 28.0. The van der Waals surface area contributed by atoms with Gasteiger partial charge in [-0.05, 0) is 116 Å². The van der Waals surface area contributed by atoms with Crippen LogP contribution in [0, 0.1) is 0 Å². The van der Waals surface area contributed by atoms with E-state index in [-0.39, 0.29) is 11.9 Å². The van der Waals surface area contributed by atoms with Crippen LogP contribution in [0.15, 0.2) is 36.5 Å². The first-order chi connectivity index (χ1) is 46.4. The number of esters is 2. The zero-order valence-electron chi connectivity index (χ0n) is 63.8. The molecule has 0 rings (SSSR count). The van der Waals surface area contributed by atoms with E-state index in [1.54, 1.807) is 0 Å². The van der Waals surface area contributed by atoms with Crippen LogP contribution >= 0.6 is 0 Å². The molecule has 0 aliphatic rings. The molecule has 0 fully saturated rings. The van der Waals surface area contributed by atoms with E-state index >= 15 is 0 Å². The highest BCUT2D eigenvalue weighted by atomic mass is 16.5. The van der Waals surface area contributed by atoms with Crippen LogP contribution in [-0.2, 0) is 33.4 Å². The van der Waals surface area contributed by atoms with Crippen LogP contribution in [0.5, 0.6) is 0 Å². The van der Waals surface area contributed by atoms with Crippen molar-refractivity contribution in [2.45, 2.75) is 471 Å². The summed E-state index contributed by atoms with van der Waals surface area (Å²) in [5.41, 5.74) is 0. The average Bonchev–Trinajstić information content (AvgIpc) is 3.57. The molecule has 8 heteroatoms. The number of rotatable bonds is 77. The van der Waals surface area contributed by atoms with Gasteiger partial charge in [0.2, 0.25) is 0 Å². The maximum absolute atomic E-state index is 11.9. The summed E-state index contributed by atoms with van der Waals surface area (Å²) in [5, 5.41) is 8.62. The van der Waals surface area contributed by atoms with Crippen molar-refractivity contribution in [3.05, 3.63) is 36.5 Å². The molecule has 0 unspecified atom stereocenters. The lowest BCUT2D eigenvalue weighted by atomic mass is 10.0. The van der Waals surface area contributed by atoms with Gasteiger partial charge < -0.3 is 19.3 Å². The first-order valence-electron chi connectivity index (χ1n) is 41.9. The van der Waals surface area contributed by atoms with Gasteiger partial charge >= 0.3 is 17.9 Å². The lowest BCUT2D eigenvalue weighted by molar-refractivity contribution is -0.144. The van der Waals surface area contributed by atoms with Crippen LogP contribution in [0.1, 0.15) is 471 Å². The van der Waals surface area contributed by atoms with Crippen molar-refractivity contribution < 1.29 is 38.5 Å². The number of hydrogen-bond acceptors (Lipinski definition) is 7. The van der Waals surface area contributed by atoms with Crippen molar-refractivity contribution in [2.75, 3.05) is 19.8 Å². The second-order valence-electron chi connectivity index (χ2n) is 28.0. The Morgan fingerprint density at radius 2 is 0.415 bits per heavy atom. The van der Waals surface area contributed by atoms with Crippen molar-refractivity contribution in [3.8, 4) is 0 Å². The van der Waals surface area contributed by atoms with Crippen LogP contribution < -0.4 is 0 Å². The first kappa shape index (κ1) is 95.3. The Morgan fingerprint density at radius 1 is 0.234 bits per heavy atom. The zero-order valence-corrected chi connectivity index (χ0v) is 63.8. The minimum atomic E-state index is -0.671. The van der Waals surface area contributed by atoms with Gasteiger partial charge in [-0.1, -0.05) is 372 Å². The SMILES string of the molecule is CCCCCCCC/C=C\CCCCCCCC(=O)OCCCCCCCCCCCCCCCC.CCCCCCCC/C=C\CCCCCCCC(=O)OCCCCCCCCCCCCCCCC(=O)O.CCCCCCCC/C=C\CCCCCCCOC=O. The summed E-state index contributed by atoms with van der Waals surface area (Å²) in [6.07, 6.45) is 100. The molecule has 0 aliphatic carbocycles. The van der Waals surface area contributed by atoms with Crippen LogP contribution in [0.4, 0.5) is 0 Å². The smallest absolute Gasteiger partial charge is 0.305 e. The Bertz CT molecular complexity index is 1520. The summed E-state index contributed by atoms with van der Waals surface area (Å²) >= 11 is 0. The van der Waals surface area contributed by atoms with Crippen molar-refractivity contribution in [3.63, 3.8) is 0 Å². The van der Waals surface area contributed by atoms with E-state index in [0.29, 0.717) is 45.6 Å². The molecule has 94 heavy (non-hydrogen) atoms. The quantitative estimate of drug-likeness (QED) is 0.0210. The molecule has 0 heterocycles. The first-order valence-corrected chi connectivity index (χ1v) is 41.9. The fourth-order valence-electron chi connectivity index (χ4n) is 12.1. The molecule has 0 spiro atoms. The summed E-state index contributed by atoms with van der Waals surface area (Å²) in [7, 11) is 0. The minimum absolute atomic E-state index is 0.00971. The average molecular weight is 1330 g/mol. The highest BCUT2D eigenvalue weighted by molar-refractivity contribution is 5.69. The molecule has 0 atom stereocenters. The molecular formula is C86H164O8. The Hall–Kier alpha value is -2.90. The second kappa shape index (κ2) is 92.2. The predicted molar refractivity (Wildman–Crippen MR) is 410 cm³/mol. The molecule has 0 aliphatic heterocycles. The minimum Gasteiger partial charge on any atom is -0.481 e. The third kappa shape index (κ3) is 97.8. The van der Waals surface area contributed by atoms with Gasteiger partial charge in [-0.3, -0.25) is 19.2 Å². The van der Waals surface area contributed by atoms with Crippen LogP contribution in [-0.4, -0.2) is 49.3 Å². The topological polar surface area (TPSA) is 116 Å². The summed E-state index contributed by atoms with van der Waals surface area (Å²) in [6, 6.07) is 0. The Kier molecular flexibility index (Phi) is 93.4. The van der Waals surface area contributed by atoms with Crippen molar-refractivity contribution in [2.24, 2.45) is 0 Å². The molecule has 0 aromatic heterocycles. The Balaban J connectivity index is -0.00000138. The number of carbonyl (C=O) groups excluding carboxylic acids is 3. The van der Waals surface area contributed by atoms with E-state index in [2.05, 4.69) is 68.9 Å². The summed E-state index contributed by atoms with van der Waals surface area (Å²) in [4.78, 5) is 44.1.